The van der Waals surface area contributed by atoms with E-state index in [1.165, 1.54) is 12.8 Å². The molecule has 3 aliphatic heterocycles. The molecular weight excluding hydrogens is 749 g/mol. The fourth-order valence-electron chi connectivity index (χ4n) is 7.97. The van der Waals surface area contributed by atoms with Gasteiger partial charge in [-0.3, -0.25) is 4.90 Å². The molecule has 302 valence electrons. The van der Waals surface area contributed by atoms with E-state index in [2.05, 4.69) is 39.6 Å². The van der Waals surface area contributed by atoms with E-state index >= 15 is 0 Å². The molecule has 2 aromatic carbocycles. The van der Waals surface area contributed by atoms with E-state index in [1.54, 1.807) is 0 Å². The van der Waals surface area contributed by atoms with Crippen LogP contribution in [0.15, 0.2) is 48.7 Å². The number of carbonyl (C=O) groups is 1. The van der Waals surface area contributed by atoms with E-state index in [1.807, 2.05) is 74.3 Å². The van der Waals surface area contributed by atoms with Crippen molar-refractivity contribution < 1.29 is 19.0 Å². The van der Waals surface area contributed by atoms with Crippen molar-refractivity contribution in [3.05, 3.63) is 76.1 Å². The highest BCUT2D eigenvalue weighted by atomic mass is 35.5. The maximum atomic E-state index is 12.5. The maximum Gasteiger partial charge on any atom is 0.410 e. The van der Waals surface area contributed by atoms with Gasteiger partial charge >= 0.3 is 6.09 Å². The zero-order valence-electron chi connectivity index (χ0n) is 33.6. The van der Waals surface area contributed by atoms with Gasteiger partial charge in [0.25, 0.3) is 0 Å². The molecule has 4 heterocycles. The van der Waals surface area contributed by atoms with Crippen LogP contribution in [0.2, 0.25) is 5.02 Å². The number of amides is 1. The zero-order chi connectivity index (χ0) is 39.9. The maximum absolute atomic E-state index is 12.5. The molecular formula is C43H57Cl2N7O4. The number of rotatable bonds is 12. The molecule has 3 fully saturated rings. The average molecular weight is 807 g/mol. The number of hydrogen-bond donors (Lipinski definition) is 0. The second-order valence-corrected chi connectivity index (χ2v) is 17.5. The van der Waals surface area contributed by atoms with Gasteiger partial charge in [-0.15, -0.1) is 11.6 Å². The fourth-order valence-corrected chi connectivity index (χ4v) is 8.32. The normalized spacial score (nSPS) is 18.1. The Morgan fingerprint density at radius 1 is 0.893 bits per heavy atom. The lowest BCUT2D eigenvalue weighted by atomic mass is 9.77. The number of ether oxygens (including phenoxy) is 3. The predicted octanol–water partition coefficient (Wildman–Crippen LogP) is 7.76. The first-order chi connectivity index (χ1) is 26.8. The molecule has 0 bridgehead atoms. The molecule has 3 aromatic rings. The molecule has 0 saturated carbocycles. The van der Waals surface area contributed by atoms with Gasteiger partial charge in [0, 0.05) is 63.5 Å². The van der Waals surface area contributed by atoms with Gasteiger partial charge in [-0.25, -0.2) is 14.8 Å². The first-order valence-corrected chi connectivity index (χ1v) is 20.9. The van der Waals surface area contributed by atoms with Crippen molar-refractivity contribution in [3.8, 4) is 17.6 Å². The second-order valence-electron chi connectivity index (χ2n) is 16.7. The van der Waals surface area contributed by atoms with Crippen LogP contribution in [0.5, 0.6) is 11.5 Å². The number of piperazine rings is 1. The van der Waals surface area contributed by atoms with Crippen LogP contribution in [0, 0.1) is 17.2 Å². The van der Waals surface area contributed by atoms with Gasteiger partial charge < -0.3 is 28.9 Å². The minimum absolute atomic E-state index is 0.180. The van der Waals surface area contributed by atoms with Crippen molar-refractivity contribution in [3.63, 3.8) is 0 Å². The summed E-state index contributed by atoms with van der Waals surface area (Å²) in [4.78, 5) is 31.4. The Balaban J connectivity index is 0.930. The largest absolute Gasteiger partial charge is 0.489 e. The summed E-state index contributed by atoms with van der Waals surface area (Å²) in [6.45, 7) is 19.4. The van der Waals surface area contributed by atoms with E-state index in [0.29, 0.717) is 34.9 Å². The molecule has 13 heteroatoms. The number of hydrogen-bond acceptors (Lipinski definition) is 10. The van der Waals surface area contributed by atoms with Crippen LogP contribution in [0.25, 0.3) is 0 Å². The molecule has 1 aromatic heterocycles. The van der Waals surface area contributed by atoms with Crippen molar-refractivity contribution in [2.45, 2.75) is 84.0 Å². The number of aromatic nitrogens is 2. The van der Waals surface area contributed by atoms with Crippen LogP contribution in [0.4, 0.5) is 10.7 Å². The van der Waals surface area contributed by atoms with Crippen molar-refractivity contribution in [1.29, 1.82) is 5.26 Å². The van der Waals surface area contributed by atoms with Gasteiger partial charge in [-0.1, -0.05) is 37.6 Å². The van der Waals surface area contributed by atoms with Gasteiger partial charge in [-0.05, 0) is 107 Å². The lowest BCUT2D eigenvalue weighted by Gasteiger charge is -2.43. The van der Waals surface area contributed by atoms with Crippen LogP contribution < -0.4 is 14.4 Å². The topological polar surface area (TPSA) is 107 Å². The van der Waals surface area contributed by atoms with E-state index < -0.39 is 11.0 Å². The minimum atomic E-state index is -0.451. The van der Waals surface area contributed by atoms with Gasteiger partial charge in [0.2, 0.25) is 5.95 Å². The SMILES string of the molecule is CC(C)(C)OC(=O)N1CCC(N2CCC(CN3CCN(c4nccc(COc5ccc(C(C)(C)c6cc(Cl)c(OCCCl)c(C#N)c6)cc5)n4)CC3)CC2)CC1. The summed E-state index contributed by atoms with van der Waals surface area (Å²) in [5, 5.41) is 10.1. The van der Waals surface area contributed by atoms with Crippen LogP contribution in [0.1, 0.15) is 82.7 Å². The van der Waals surface area contributed by atoms with Gasteiger partial charge in [0.05, 0.1) is 22.2 Å². The van der Waals surface area contributed by atoms with E-state index in [4.69, 9.17) is 42.4 Å². The number of piperidine rings is 2. The van der Waals surface area contributed by atoms with Crippen molar-refractivity contribution in [2.24, 2.45) is 5.92 Å². The summed E-state index contributed by atoms with van der Waals surface area (Å²) in [6, 6.07) is 16.4. The third-order valence-corrected chi connectivity index (χ3v) is 11.8. The van der Waals surface area contributed by atoms with Crippen LogP contribution in [-0.2, 0) is 16.8 Å². The van der Waals surface area contributed by atoms with Gasteiger partial charge in [0.15, 0.2) is 5.75 Å². The number of nitrogens with zero attached hydrogens (tertiary/aromatic N) is 7. The number of benzene rings is 2. The Morgan fingerprint density at radius 2 is 1.59 bits per heavy atom. The predicted molar refractivity (Wildman–Crippen MR) is 221 cm³/mol. The summed E-state index contributed by atoms with van der Waals surface area (Å²) in [6.07, 6.45) is 6.16. The molecule has 0 unspecified atom stereocenters. The number of halogens is 2. The van der Waals surface area contributed by atoms with Crippen molar-refractivity contribution >= 4 is 35.2 Å². The first-order valence-electron chi connectivity index (χ1n) is 20.0. The highest BCUT2D eigenvalue weighted by Gasteiger charge is 2.32. The molecule has 1 amide bonds. The monoisotopic (exact) mass is 805 g/mol. The minimum Gasteiger partial charge on any atom is -0.489 e. The fraction of sp³-hybridized carbons (Fsp3) is 0.581. The molecule has 0 spiro atoms. The quantitative estimate of drug-likeness (QED) is 0.169. The summed E-state index contributed by atoms with van der Waals surface area (Å²) < 4.78 is 17.4. The molecule has 3 saturated heterocycles. The average Bonchev–Trinajstić information content (AvgIpc) is 3.19. The molecule has 0 radical (unpaired) electrons. The van der Waals surface area contributed by atoms with Gasteiger partial charge in [0.1, 0.15) is 30.6 Å². The third-order valence-electron chi connectivity index (χ3n) is 11.3. The summed E-state index contributed by atoms with van der Waals surface area (Å²) in [5.74, 6) is 2.89. The van der Waals surface area contributed by atoms with Crippen molar-refractivity contribution in [1.82, 2.24) is 24.7 Å². The standard InChI is InChI=1S/C43H57Cl2N7O4/c1-42(2,3)56-41(53)52-19-13-36(14-20-52)50-17-11-31(12-18-50)29-49-21-23-51(24-22-49)40-47-16-10-35(48-40)30-55-37-8-6-33(7-9-37)43(4,5)34-26-32(28-46)39(38(45)27-34)54-25-15-44/h6-10,16,26-27,31,36H,11-15,17-25,29-30H2,1-5H3. The highest BCUT2D eigenvalue weighted by Crippen LogP contribution is 2.39. The number of nitriles is 1. The summed E-state index contributed by atoms with van der Waals surface area (Å²) >= 11 is 12.3. The Kier molecular flexibility index (Phi) is 13.9. The number of likely N-dealkylation sites (tertiary alicyclic amines) is 2. The van der Waals surface area contributed by atoms with Crippen molar-refractivity contribution in [2.75, 3.05) is 76.3 Å². The smallest absolute Gasteiger partial charge is 0.410 e. The molecule has 0 atom stereocenters. The molecule has 11 nitrogen and oxygen atoms in total. The molecule has 0 N–H and O–H groups in total. The Hall–Kier alpha value is -3.82. The molecule has 6 rings (SSSR count). The lowest BCUT2D eigenvalue weighted by Crippen LogP contribution is -2.51. The Labute approximate surface area is 342 Å². The number of carbonyl (C=O) groups excluding carboxylic acids is 1. The van der Waals surface area contributed by atoms with E-state index in [9.17, 15) is 10.1 Å². The van der Waals surface area contributed by atoms with E-state index in [0.717, 1.165) is 106 Å². The summed E-state index contributed by atoms with van der Waals surface area (Å²) in [7, 11) is 0. The second kappa shape index (κ2) is 18.6. The summed E-state index contributed by atoms with van der Waals surface area (Å²) in [5.41, 5.74) is 2.31. The first kappa shape index (κ1) is 41.8. The highest BCUT2D eigenvalue weighted by molar-refractivity contribution is 6.32. The van der Waals surface area contributed by atoms with Crippen LogP contribution >= 0.6 is 23.2 Å². The zero-order valence-corrected chi connectivity index (χ0v) is 35.1. The van der Waals surface area contributed by atoms with Gasteiger partial charge in [-0.2, -0.15) is 5.26 Å². The Bertz CT molecular complexity index is 1810. The molecule has 3 aliphatic rings. The van der Waals surface area contributed by atoms with Crippen LogP contribution in [0.3, 0.4) is 0 Å². The lowest BCUT2D eigenvalue weighted by molar-refractivity contribution is 0.0112. The Morgan fingerprint density at radius 3 is 2.23 bits per heavy atom. The number of alkyl halides is 1. The molecule has 56 heavy (non-hydrogen) atoms. The molecule has 0 aliphatic carbocycles. The van der Waals surface area contributed by atoms with Crippen LogP contribution in [-0.4, -0.2) is 114 Å². The van der Waals surface area contributed by atoms with E-state index in [-0.39, 0.29) is 12.7 Å². The third kappa shape index (κ3) is 10.8. The number of anilines is 1.